The molecule has 6 heteroatoms. The van der Waals surface area contributed by atoms with Crippen molar-refractivity contribution < 1.29 is 9.59 Å². The molecule has 2 N–H and O–H groups in total. The third kappa shape index (κ3) is 3.57. The molecule has 3 aromatic carbocycles. The van der Waals surface area contributed by atoms with Crippen LogP contribution in [0, 0.1) is 0 Å². The predicted octanol–water partition coefficient (Wildman–Crippen LogP) is 4.59. The highest BCUT2D eigenvalue weighted by atomic mass is 16.2. The van der Waals surface area contributed by atoms with Gasteiger partial charge in [0.15, 0.2) is 0 Å². The number of benzene rings is 3. The molecule has 5 rings (SSSR count). The lowest BCUT2D eigenvalue weighted by atomic mass is 9.99. The van der Waals surface area contributed by atoms with Crippen LogP contribution in [0.3, 0.4) is 0 Å². The number of hydrogen-bond donors (Lipinski definition) is 2. The molecule has 6 nitrogen and oxygen atoms in total. The number of aromatic nitrogens is 2. The Morgan fingerprint density at radius 2 is 1.68 bits per heavy atom. The van der Waals surface area contributed by atoms with Gasteiger partial charge >= 0.3 is 0 Å². The second-order valence-electron chi connectivity index (χ2n) is 7.80. The van der Waals surface area contributed by atoms with Crippen molar-refractivity contribution >= 4 is 34.0 Å². The Balaban J connectivity index is 1.35. The van der Waals surface area contributed by atoms with Crippen molar-refractivity contribution in [3.05, 3.63) is 89.7 Å². The zero-order valence-electron chi connectivity index (χ0n) is 17.1. The number of carbonyl (C=O) groups excluding carboxylic acids is 2. The topological polar surface area (TPSA) is 76.0 Å². The van der Waals surface area contributed by atoms with E-state index in [1.165, 1.54) is 16.5 Å². The summed E-state index contributed by atoms with van der Waals surface area (Å²) >= 11 is 0. The maximum absolute atomic E-state index is 13.1. The van der Waals surface area contributed by atoms with Gasteiger partial charge in [0, 0.05) is 29.3 Å². The molecule has 1 aliphatic rings. The summed E-state index contributed by atoms with van der Waals surface area (Å²) in [6.07, 6.45) is 5.44. The second-order valence-corrected chi connectivity index (χ2v) is 7.80. The number of nitrogens with one attached hydrogen (secondary N) is 2. The predicted molar refractivity (Wildman–Crippen MR) is 121 cm³/mol. The zero-order valence-corrected chi connectivity index (χ0v) is 17.1. The zero-order chi connectivity index (χ0) is 21.4. The molecule has 31 heavy (non-hydrogen) atoms. The fourth-order valence-electron chi connectivity index (χ4n) is 4.19. The van der Waals surface area contributed by atoms with Gasteiger partial charge in [0.05, 0.1) is 0 Å². The molecule has 1 unspecified atom stereocenters. The molecule has 0 radical (unpaired) electrons. The van der Waals surface area contributed by atoms with E-state index in [1.807, 2.05) is 24.3 Å². The van der Waals surface area contributed by atoms with Crippen molar-refractivity contribution in [2.45, 2.75) is 25.8 Å². The Labute approximate surface area is 179 Å². The summed E-state index contributed by atoms with van der Waals surface area (Å²) in [4.78, 5) is 25.6. The van der Waals surface area contributed by atoms with E-state index in [0.717, 1.165) is 18.2 Å². The average Bonchev–Trinajstić information content (AvgIpc) is 3.45. The minimum absolute atomic E-state index is 0.163. The summed E-state index contributed by atoms with van der Waals surface area (Å²) in [6, 6.07) is 18.6. The monoisotopic (exact) mass is 410 g/mol. The number of carbonyl (C=O) groups is 2. The lowest BCUT2D eigenvalue weighted by molar-refractivity contribution is -0.119. The highest BCUT2D eigenvalue weighted by Crippen LogP contribution is 2.33. The molecule has 1 aromatic heterocycles. The fraction of sp³-hybridized carbons (Fsp3) is 0.160. The van der Waals surface area contributed by atoms with E-state index < -0.39 is 6.04 Å². The van der Waals surface area contributed by atoms with Gasteiger partial charge < -0.3 is 10.6 Å². The van der Waals surface area contributed by atoms with E-state index in [2.05, 4.69) is 27.9 Å². The third-order valence-corrected chi connectivity index (χ3v) is 5.81. The third-order valence-electron chi connectivity index (χ3n) is 5.81. The number of amides is 2. The number of aryl methyl sites for hydroxylation is 2. The molecule has 0 bridgehead atoms. The van der Waals surface area contributed by atoms with Crippen molar-refractivity contribution in [3.63, 3.8) is 0 Å². The van der Waals surface area contributed by atoms with Crippen molar-refractivity contribution in [1.29, 1.82) is 0 Å². The molecule has 1 aliphatic carbocycles. The van der Waals surface area contributed by atoms with Crippen LogP contribution in [0.5, 0.6) is 0 Å². The summed E-state index contributed by atoms with van der Waals surface area (Å²) in [5.74, 6) is -0.344. The molecule has 0 spiro atoms. The normalized spacial score (nSPS) is 13.2. The maximum atomic E-state index is 13.1. The molecule has 0 fully saturated rings. The van der Waals surface area contributed by atoms with Gasteiger partial charge in [-0.3, -0.25) is 14.3 Å². The van der Waals surface area contributed by atoms with E-state index in [1.54, 1.807) is 48.3 Å². The van der Waals surface area contributed by atoms with E-state index in [0.29, 0.717) is 16.9 Å². The Bertz CT molecular complexity index is 1280. The molecule has 1 heterocycles. The van der Waals surface area contributed by atoms with Gasteiger partial charge in [-0.05, 0) is 72.0 Å². The average molecular weight is 410 g/mol. The molecular formula is C25H22N4O2. The smallest absolute Gasteiger partial charge is 0.256 e. The fourth-order valence-corrected chi connectivity index (χ4v) is 4.19. The van der Waals surface area contributed by atoms with Crippen LogP contribution >= 0.6 is 0 Å². The highest BCUT2D eigenvalue weighted by molar-refractivity contribution is 6.14. The first-order valence-electron chi connectivity index (χ1n) is 10.3. The van der Waals surface area contributed by atoms with E-state index in [-0.39, 0.29) is 11.8 Å². The maximum Gasteiger partial charge on any atom is 0.256 e. The number of anilines is 2. The summed E-state index contributed by atoms with van der Waals surface area (Å²) < 4.78 is 1.59. The first kappa shape index (κ1) is 19.1. The molecule has 0 saturated heterocycles. The number of nitrogens with zero attached hydrogens (tertiary/aromatic N) is 2. The molecule has 4 aromatic rings. The summed E-state index contributed by atoms with van der Waals surface area (Å²) in [5.41, 5.74) is 4.50. The van der Waals surface area contributed by atoms with Crippen molar-refractivity contribution in [2.75, 3.05) is 10.6 Å². The molecule has 1 atom stereocenters. The van der Waals surface area contributed by atoms with Crippen molar-refractivity contribution in [3.8, 4) is 0 Å². The van der Waals surface area contributed by atoms with Gasteiger partial charge in [0.25, 0.3) is 5.91 Å². The molecular weight excluding hydrogens is 388 g/mol. The van der Waals surface area contributed by atoms with Crippen LogP contribution in [0.2, 0.25) is 0 Å². The van der Waals surface area contributed by atoms with Gasteiger partial charge in [0.1, 0.15) is 6.04 Å². The number of rotatable bonds is 5. The van der Waals surface area contributed by atoms with Crippen LogP contribution in [0.25, 0.3) is 10.8 Å². The first-order chi connectivity index (χ1) is 15.1. The van der Waals surface area contributed by atoms with Gasteiger partial charge in [-0.1, -0.05) is 30.3 Å². The van der Waals surface area contributed by atoms with Gasteiger partial charge in [-0.2, -0.15) is 5.10 Å². The second kappa shape index (κ2) is 7.72. The van der Waals surface area contributed by atoms with Crippen LogP contribution in [0.1, 0.15) is 34.5 Å². The quantitative estimate of drug-likeness (QED) is 0.505. The van der Waals surface area contributed by atoms with Crippen LogP contribution in [0.15, 0.2) is 73.1 Å². The number of hydrogen-bond acceptors (Lipinski definition) is 3. The molecule has 154 valence electrons. The van der Waals surface area contributed by atoms with E-state index >= 15 is 0 Å². The minimum atomic E-state index is -0.443. The Morgan fingerprint density at radius 3 is 2.45 bits per heavy atom. The van der Waals surface area contributed by atoms with Gasteiger partial charge in [0.2, 0.25) is 5.91 Å². The summed E-state index contributed by atoms with van der Waals surface area (Å²) in [7, 11) is 0. The van der Waals surface area contributed by atoms with Crippen LogP contribution in [0.4, 0.5) is 11.4 Å². The molecule has 2 amide bonds. The van der Waals surface area contributed by atoms with E-state index in [4.69, 9.17) is 0 Å². The van der Waals surface area contributed by atoms with Crippen LogP contribution in [-0.4, -0.2) is 21.6 Å². The lowest BCUT2D eigenvalue weighted by Crippen LogP contribution is -2.24. The summed E-state index contributed by atoms with van der Waals surface area (Å²) in [5, 5.41) is 12.2. The molecule has 0 saturated carbocycles. The standard InChI is InChI=1S/C25H22N4O2/c1-16(29-14-4-13-26-29)24(30)27-19-6-3-7-20(15-19)28-25(31)22-12-11-18-10-9-17-5-2-8-21(22)23(17)18/h2-8,11-16H,9-10H2,1H3,(H,27,30)(H,28,31). The highest BCUT2D eigenvalue weighted by Gasteiger charge is 2.19. The Morgan fingerprint density at radius 1 is 0.935 bits per heavy atom. The largest absolute Gasteiger partial charge is 0.324 e. The summed E-state index contributed by atoms with van der Waals surface area (Å²) in [6.45, 7) is 1.78. The van der Waals surface area contributed by atoms with Gasteiger partial charge in [-0.15, -0.1) is 0 Å². The van der Waals surface area contributed by atoms with Crippen molar-refractivity contribution in [1.82, 2.24) is 9.78 Å². The van der Waals surface area contributed by atoms with Crippen molar-refractivity contribution in [2.24, 2.45) is 0 Å². The Hall–Kier alpha value is -3.93. The Kier molecular flexibility index (Phi) is 4.75. The van der Waals surface area contributed by atoms with Gasteiger partial charge in [-0.25, -0.2) is 0 Å². The minimum Gasteiger partial charge on any atom is -0.324 e. The van der Waals surface area contributed by atoms with Crippen LogP contribution in [-0.2, 0) is 17.6 Å². The molecule has 0 aliphatic heterocycles. The van der Waals surface area contributed by atoms with Crippen LogP contribution < -0.4 is 10.6 Å². The lowest BCUT2D eigenvalue weighted by Gasteiger charge is -2.14. The SMILES string of the molecule is CC(C(=O)Nc1cccc(NC(=O)c2ccc3c4c(cccc24)CC3)c1)n1cccn1. The first-order valence-corrected chi connectivity index (χ1v) is 10.3. The van der Waals surface area contributed by atoms with E-state index in [9.17, 15) is 9.59 Å².